The van der Waals surface area contributed by atoms with Gasteiger partial charge in [-0.3, -0.25) is 28.9 Å². The van der Waals surface area contributed by atoms with Crippen LogP contribution in [0.15, 0.2) is 60.7 Å². The number of nitrogens with one attached hydrogen (secondary N) is 2. The molecule has 302 valence electrons. The van der Waals surface area contributed by atoms with E-state index in [-0.39, 0.29) is 53.8 Å². The van der Waals surface area contributed by atoms with Crippen molar-refractivity contribution in [3.63, 3.8) is 0 Å². The van der Waals surface area contributed by atoms with Crippen molar-refractivity contribution in [1.82, 2.24) is 15.5 Å². The maximum Gasteiger partial charge on any atom is 0.224 e. The summed E-state index contributed by atoms with van der Waals surface area (Å²) in [5.41, 5.74) is 1.61. The lowest BCUT2D eigenvalue weighted by Crippen LogP contribution is -2.49. The number of carbonyl (C=O) groups excluding carboxylic acids is 5. The molecule has 0 aromatic heterocycles. The van der Waals surface area contributed by atoms with Crippen LogP contribution in [0.4, 0.5) is 0 Å². The van der Waals surface area contributed by atoms with Crippen molar-refractivity contribution < 1.29 is 28.7 Å². The molecule has 0 unspecified atom stereocenters. The highest BCUT2D eigenvalue weighted by Gasteiger charge is 2.48. The number of nitrogens with zero attached hydrogens (tertiary/aromatic N) is 1. The summed E-state index contributed by atoms with van der Waals surface area (Å²) >= 11 is 0. The number of benzene rings is 2. The fraction of sp³-hybridized carbons (Fsp3) is 0.630. The van der Waals surface area contributed by atoms with Gasteiger partial charge in [-0.15, -0.1) is 0 Å². The molecule has 2 N–H and O–H groups in total. The molecule has 0 bridgehead atoms. The topological polar surface area (TPSA) is 122 Å². The second-order valence-corrected chi connectivity index (χ2v) is 17.2. The van der Waals surface area contributed by atoms with Crippen LogP contribution < -0.4 is 10.6 Å². The van der Waals surface area contributed by atoms with Gasteiger partial charge < -0.3 is 15.4 Å². The number of aryl methyl sites for hydroxylation is 1. The number of hydrogen-bond acceptors (Lipinski definition) is 7. The van der Waals surface area contributed by atoms with Crippen molar-refractivity contribution in [2.24, 2.45) is 29.1 Å². The molecule has 1 saturated carbocycles. The highest BCUT2D eigenvalue weighted by atomic mass is 16.5. The number of unbranched alkanes of at least 4 members (excludes halogenated alkanes) is 1. The lowest BCUT2D eigenvalue weighted by molar-refractivity contribution is -0.135. The number of rotatable bonds is 25. The third-order valence-corrected chi connectivity index (χ3v) is 11.2. The van der Waals surface area contributed by atoms with E-state index >= 15 is 0 Å². The normalized spacial score (nSPS) is 17.6. The summed E-state index contributed by atoms with van der Waals surface area (Å²) < 4.78 is 5.44. The third-order valence-electron chi connectivity index (χ3n) is 11.2. The Morgan fingerprint density at radius 2 is 1.29 bits per heavy atom. The van der Waals surface area contributed by atoms with Gasteiger partial charge in [0.15, 0.2) is 11.6 Å². The molecular weight excluding hydrogens is 691 g/mol. The van der Waals surface area contributed by atoms with Crippen LogP contribution in [0.25, 0.3) is 0 Å². The highest BCUT2D eigenvalue weighted by Crippen LogP contribution is 2.47. The van der Waals surface area contributed by atoms with Gasteiger partial charge in [0, 0.05) is 49.6 Å². The van der Waals surface area contributed by atoms with Crippen LogP contribution >= 0.6 is 0 Å². The monoisotopic (exact) mass is 758 g/mol. The molecule has 1 aliphatic heterocycles. The second kappa shape index (κ2) is 22.2. The van der Waals surface area contributed by atoms with Crippen molar-refractivity contribution >= 4 is 29.2 Å². The van der Waals surface area contributed by atoms with Crippen molar-refractivity contribution in [2.45, 2.75) is 124 Å². The summed E-state index contributed by atoms with van der Waals surface area (Å²) in [5, 5.41) is 6.16. The zero-order valence-electron chi connectivity index (χ0n) is 34.2. The van der Waals surface area contributed by atoms with Crippen LogP contribution in [0.1, 0.15) is 110 Å². The summed E-state index contributed by atoms with van der Waals surface area (Å²) in [6, 6.07) is 18.1. The van der Waals surface area contributed by atoms with E-state index in [1.807, 2.05) is 95.3 Å². The number of Topliss-reactive ketones (excluding diaryl/α,β-unsaturated/α-hetero) is 3. The van der Waals surface area contributed by atoms with E-state index in [1.165, 1.54) is 0 Å². The van der Waals surface area contributed by atoms with Crippen molar-refractivity contribution in [3.8, 4) is 0 Å². The zero-order valence-corrected chi connectivity index (χ0v) is 34.2. The Balaban J connectivity index is 1.46. The average Bonchev–Trinajstić information content (AvgIpc) is 3.92. The second-order valence-electron chi connectivity index (χ2n) is 17.2. The van der Waals surface area contributed by atoms with Gasteiger partial charge in [-0.2, -0.15) is 0 Å². The molecule has 2 aromatic carbocycles. The summed E-state index contributed by atoms with van der Waals surface area (Å²) in [5.74, 6) is -1.68. The van der Waals surface area contributed by atoms with E-state index in [2.05, 4.69) is 15.5 Å². The molecule has 2 aliphatic rings. The molecule has 9 nitrogen and oxygen atoms in total. The molecule has 0 radical (unpaired) electrons. The van der Waals surface area contributed by atoms with E-state index in [0.717, 1.165) is 69.7 Å². The van der Waals surface area contributed by atoms with Crippen LogP contribution in [0.3, 0.4) is 0 Å². The third kappa shape index (κ3) is 15.4. The van der Waals surface area contributed by atoms with Gasteiger partial charge in [0.05, 0.1) is 25.3 Å². The fourth-order valence-electron chi connectivity index (χ4n) is 7.59. The van der Waals surface area contributed by atoms with E-state index in [1.54, 1.807) is 0 Å². The first kappa shape index (κ1) is 44.0. The first-order chi connectivity index (χ1) is 26.3. The van der Waals surface area contributed by atoms with Gasteiger partial charge in [0.2, 0.25) is 11.8 Å². The average molecular weight is 758 g/mol. The van der Waals surface area contributed by atoms with Crippen LogP contribution in [0.5, 0.6) is 0 Å². The zero-order chi connectivity index (χ0) is 39.8. The number of ketones is 3. The minimum atomic E-state index is -0.806. The summed E-state index contributed by atoms with van der Waals surface area (Å²) in [4.78, 5) is 71.7. The predicted molar refractivity (Wildman–Crippen MR) is 217 cm³/mol. The maximum atomic E-state index is 14.3. The minimum absolute atomic E-state index is 0.0621. The molecule has 0 spiro atoms. The number of amides is 2. The van der Waals surface area contributed by atoms with Crippen LogP contribution in [-0.4, -0.2) is 79.0 Å². The molecule has 2 amide bonds. The Hall–Kier alpha value is -3.69. The molecule has 1 heterocycles. The van der Waals surface area contributed by atoms with Crippen LogP contribution in [-0.2, 0) is 41.6 Å². The fourth-order valence-corrected chi connectivity index (χ4v) is 7.59. The van der Waals surface area contributed by atoms with Gasteiger partial charge >= 0.3 is 0 Å². The Morgan fingerprint density at radius 3 is 1.89 bits per heavy atom. The lowest BCUT2D eigenvalue weighted by atomic mass is 9.87. The Morgan fingerprint density at radius 1 is 0.727 bits per heavy atom. The van der Waals surface area contributed by atoms with Gasteiger partial charge in [-0.25, -0.2) is 0 Å². The smallest absolute Gasteiger partial charge is 0.224 e. The number of morpholine rings is 1. The molecule has 4 rings (SSSR count). The first-order valence-corrected chi connectivity index (χ1v) is 20.9. The molecule has 1 aliphatic carbocycles. The Bertz CT molecular complexity index is 1520. The lowest BCUT2D eigenvalue weighted by Gasteiger charge is -2.27. The van der Waals surface area contributed by atoms with E-state index in [4.69, 9.17) is 4.74 Å². The molecule has 55 heavy (non-hydrogen) atoms. The Kier molecular flexibility index (Phi) is 17.7. The van der Waals surface area contributed by atoms with Crippen molar-refractivity contribution in [1.29, 1.82) is 0 Å². The van der Waals surface area contributed by atoms with Gasteiger partial charge in [-0.05, 0) is 87.3 Å². The first-order valence-electron chi connectivity index (χ1n) is 20.9. The van der Waals surface area contributed by atoms with E-state index in [9.17, 15) is 24.0 Å². The van der Waals surface area contributed by atoms with E-state index < -0.39 is 29.3 Å². The number of ether oxygens (including phenoxy) is 1. The molecular formula is C46H67N3O6. The van der Waals surface area contributed by atoms with Crippen LogP contribution in [0.2, 0.25) is 0 Å². The maximum absolute atomic E-state index is 14.3. The van der Waals surface area contributed by atoms with Gasteiger partial charge in [0.25, 0.3) is 0 Å². The molecule has 4 atom stereocenters. The highest BCUT2D eigenvalue weighted by molar-refractivity contribution is 5.97. The van der Waals surface area contributed by atoms with Crippen molar-refractivity contribution in [3.05, 3.63) is 71.8 Å². The number of carbonyl (C=O) groups is 5. The largest absolute Gasteiger partial charge is 0.379 e. The summed E-state index contributed by atoms with van der Waals surface area (Å²) in [6.07, 6.45) is 6.22. The van der Waals surface area contributed by atoms with Gasteiger partial charge in [0.1, 0.15) is 5.78 Å². The standard InChI is InChI=1S/C46H67N3O6/c1-33(2)28-40(42(51)32-38(30-36-16-10-7-11-17-36)45(54)48-41(29-34(3)4)43(52)46(5)21-22-46)47-44(53)37(20-19-35-14-8-6-9-15-35)31-39(50)18-12-13-23-49-24-26-55-27-25-49/h6-11,14-17,33-34,37-38,40-41H,12-13,18-32H2,1-5H3,(H,47,53)(H,48,54)/t37-,38-,40+,41+/m1/s1. The Labute approximate surface area is 330 Å². The molecule has 2 aromatic rings. The SMILES string of the molecule is CC(C)C[C@H](NC(=O)[C@H](CCc1ccccc1)CC(=O)CCCCN1CCOCC1)C(=O)C[C@@H](Cc1ccccc1)C(=O)N[C@@H](CC(C)C)C(=O)C1(C)CC1. The summed E-state index contributed by atoms with van der Waals surface area (Å²) in [6.45, 7) is 14.3. The van der Waals surface area contributed by atoms with E-state index in [0.29, 0.717) is 38.5 Å². The predicted octanol–water partition coefficient (Wildman–Crippen LogP) is 6.95. The summed E-state index contributed by atoms with van der Waals surface area (Å²) in [7, 11) is 0. The van der Waals surface area contributed by atoms with Gasteiger partial charge in [-0.1, -0.05) is 95.3 Å². The van der Waals surface area contributed by atoms with Crippen LogP contribution in [0, 0.1) is 29.1 Å². The molecule has 2 fully saturated rings. The molecule has 9 heteroatoms. The molecule has 1 saturated heterocycles. The number of hydrogen-bond donors (Lipinski definition) is 2. The minimum Gasteiger partial charge on any atom is -0.379 e. The quantitative estimate of drug-likeness (QED) is 0.105. The van der Waals surface area contributed by atoms with Crippen molar-refractivity contribution in [2.75, 3.05) is 32.8 Å².